The number of hydrogen-bond acceptors (Lipinski definition) is 5. The van der Waals surface area contributed by atoms with Crippen LogP contribution < -0.4 is 5.73 Å². The van der Waals surface area contributed by atoms with E-state index in [0.717, 1.165) is 30.2 Å². The SMILES string of the molecule is Cc1nc2c(n1Cc1nnc(N)s1)CCCC2. The minimum absolute atomic E-state index is 0.534. The zero-order valence-electron chi connectivity index (χ0n) is 9.81. The molecule has 17 heavy (non-hydrogen) atoms. The molecule has 0 saturated carbocycles. The van der Waals surface area contributed by atoms with Gasteiger partial charge in [0.15, 0.2) is 0 Å². The molecule has 0 aromatic carbocycles. The summed E-state index contributed by atoms with van der Waals surface area (Å²) in [7, 11) is 0. The first-order chi connectivity index (χ1) is 8.24. The Bertz CT molecular complexity index is 542. The van der Waals surface area contributed by atoms with E-state index in [0.29, 0.717) is 5.13 Å². The van der Waals surface area contributed by atoms with Crippen LogP contribution in [0.5, 0.6) is 0 Å². The lowest BCUT2D eigenvalue weighted by molar-refractivity contribution is 0.622. The van der Waals surface area contributed by atoms with Crippen LogP contribution in [0.25, 0.3) is 0 Å². The zero-order valence-corrected chi connectivity index (χ0v) is 10.6. The van der Waals surface area contributed by atoms with Crippen molar-refractivity contribution in [3.63, 3.8) is 0 Å². The molecule has 90 valence electrons. The number of imidazole rings is 1. The van der Waals surface area contributed by atoms with Crippen LogP contribution in [0.1, 0.15) is 35.1 Å². The third-order valence-corrected chi connectivity index (χ3v) is 3.94. The van der Waals surface area contributed by atoms with Crippen LogP contribution in [0.3, 0.4) is 0 Å². The number of hydrogen-bond donors (Lipinski definition) is 1. The van der Waals surface area contributed by atoms with Crippen molar-refractivity contribution in [2.45, 2.75) is 39.2 Å². The van der Waals surface area contributed by atoms with E-state index < -0.39 is 0 Å². The van der Waals surface area contributed by atoms with Gasteiger partial charge < -0.3 is 10.3 Å². The smallest absolute Gasteiger partial charge is 0.203 e. The van der Waals surface area contributed by atoms with Crippen LogP contribution in [0.4, 0.5) is 5.13 Å². The van der Waals surface area contributed by atoms with Gasteiger partial charge in [0.2, 0.25) is 5.13 Å². The van der Waals surface area contributed by atoms with Crippen molar-refractivity contribution in [3.8, 4) is 0 Å². The van der Waals surface area contributed by atoms with Gasteiger partial charge in [-0.2, -0.15) is 0 Å². The fourth-order valence-electron chi connectivity index (χ4n) is 2.41. The summed E-state index contributed by atoms with van der Waals surface area (Å²) >= 11 is 1.45. The van der Waals surface area contributed by atoms with Gasteiger partial charge in [-0.1, -0.05) is 11.3 Å². The number of nitrogens with two attached hydrogens (primary N) is 1. The summed E-state index contributed by atoms with van der Waals surface area (Å²) in [6, 6.07) is 0. The van der Waals surface area contributed by atoms with Crippen LogP contribution in [0, 0.1) is 6.92 Å². The van der Waals surface area contributed by atoms with Crippen LogP contribution in [-0.4, -0.2) is 19.7 Å². The van der Waals surface area contributed by atoms with Crippen LogP contribution in [0.2, 0.25) is 0 Å². The summed E-state index contributed by atoms with van der Waals surface area (Å²) in [6.07, 6.45) is 4.76. The van der Waals surface area contributed by atoms with Gasteiger partial charge in [0.1, 0.15) is 10.8 Å². The number of anilines is 1. The van der Waals surface area contributed by atoms with Gasteiger partial charge in [-0.15, -0.1) is 10.2 Å². The van der Waals surface area contributed by atoms with Crippen molar-refractivity contribution in [1.29, 1.82) is 0 Å². The molecule has 0 atom stereocenters. The Morgan fingerprint density at radius 2 is 2.12 bits per heavy atom. The Kier molecular flexibility index (Phi) is 2.58. The second kappa shape index (κ2) is 4.10. The summed E-state index contributed by atoms with van der Waals surface area (Å²) < 4.78 is 2.26. The Morgan fingerprint density at radius 3 is 2.88 bits per heavy atom. The molecule has 0 aliphatic heterocycles. The first-order valence-corrected chi connectivity index (χ1v) is 6.68. The second-order valence-corrected chi connectivity index (χ2v) is 5.47. The molecule has 0 amide bonds. The molecule has 6 heteroatoms. The molecule has 2 aromatic heterocycles. The predicted molar refractivity (Wildman–Crippen MR) is 67.0 cm³/mol. The molecule has 2 heterocycles. The maximum atomic E-state index is 5.60. The van der Waals surface area contributed by atoms with Crippen molar-refractivity contribution in [2.75, 3.05) is 5.73 Å². The van der Waals surface area contributed by atoms with Crippen LogP contribution in [-0.2, 0) is 19.4 Å². The lowest BCUT2D eigenvalue weighted by Gasteiger charge is -2.13. The van der Waals surface area contributed by atoms with Crippen molar-refractivity contribution in [3.05, 3.63) is 22.2 Å². The molecular weight excluding hydrogens is 234 g/mol. The highest BCUT2D eigenvalue weighted by Gasteiger charge is 2.18. The Hall–Kier alpha value is -1.43. The minimum Gasteiger partial charge on any atom is -0.374 e. The molecule has 0 saturated heterocycles. The summed E-state index contributed by atoms with van der Waals surface area (Å²) in [5.41, 5.74) is 8.25. The zero-order chi connectivity index (χ0) is 11.8. The molecule has 0 radical (unpaired) electrons. The second-order valence-electron chi connectivity index (χ2n) is 4.38. The maximum Gasteiger partial charge on any atom is 0.203 e. The molecule has 2 aromatic rings. The highest BCUT2D eigenvalue weighted by molar-refractivity contribution is 7.15. The highest BCUT2D eigenvalue weighted by atomic mass is 32.1. The number of nitrogens with zero attached hydrogens (tertiary/aromatic N) is 4. The van der Waals surface area contributed by atoms with Crippen molar-refractivity contribution < 1.29 is 0 Å². The number of aryl methyl sites for hydroxylation is 2. The Balaban J connectivity index is 1.94. The molecule has 0 bridgehead atoms. The highest BCUT2D eigenvalue weighted by Crippen LogP contribution is 2.23. The lowest BCUT2D eigenvalue weighted by Crippen LogP contribution is -2.10. The summed E-state index contributed by atoms with van der Waals surface area (Å²) in [5, 5.41) is 9.42. The molecule has 2 N–H and O–H groups in total. The third-order valence-electron chi connectivity index (χ3n) is 3.20. The molecular formula is C11H15N5S. The fourth-order valence-corrected chi connectivity index (χ4v) is 3.01. The van der Waals surface area contributed by atoms with Crippen molar-refractivity contribution >= 4 is 16.5 Å². The molecule has 0 unspecified atom stereocenters. The van der Waals surface area contributed by atoms with E-state index in [1.54, 1.807) is 0 Å². The molecule has 0 spiro atoms. The van der Waals surface area contributed by atoms with E-state index in [2.05, 4.69) is 26.7 Å². The van der Waals surface area contributed by atoms with E-state index in [1.165, 1.54) is 35.6 Å². The predicted octanol–water partition coefficient (Wildman–Crippen LogP) is 1.55. The van der Waals surface area contributed by atoms with Crippen LogP contribution in [0.15, 0.2) is 0 Å². The van der Waals surface area contributed by atoms with Gasteiger partial charge in [-0.3, -0.25) is 0 Å². The summed E-state index contributed by atoms with van der Waals surface area (Å²) in [5.74, 6) is 1.07. The molecule has 5 nitrogen and oxygen atoms in total. The van der Waals surface area contributed by atoms with Gasteiger partial charge in [0, 0.05) is 5.69 Å². The van der Waals surface area contributed by atoms with Gasteiger partial charge in [0.05, 0.1) is 12.2 Å². The number of fused-ring (bicyclic) bond motifs is 1. The molecule has 0 fully saturated rings. The maximum absolute atomic E-state index is 5.60. The average molecular weight is 249 g/mol. The average Bonchev–Trinajstić information content (AvgIpc) is 2.85. The van der Waals surface area contributed by atoms with Crippen molar-refractivity contribution in [2.24, 2.45) is 0 Å². The van der Waals surface area contributed by atoms with Gasteiger partial charge in [0.25, 0.3) is 0 Å². The molecule has 1 aliphatic rings. The fraction of sp³-hybridized carbons (Fsp3) is 0.545. The summed E-state index contributed by atoms with van der Waals surface area (Å²) in [6.45, 7) is 2.81. The Morgan fingerprint density at radius 1 is 1.29 bits per heavy atom. The lowest BCUT2D eigenvalue weighted by atomic mass is 10.0. The van der Waals surface area contributed by atoms with E-state index in [9.17, 15) is 0 Å². The van der Waals surface area contributed by atoms with Gasteiger partial charge in [-0.05, 0) is 32.6 Å². The largest absolute Gasteiger partial charge is 0.374 e. The topological polar surface area (TPSA) is 69.6 Å². The number of rotatable bonds is 2. The normalized spacial score (nSPS) is 14.9. The standard InChI is InChI=1S/C11H15N5S/c1-7-13-8-4-2-3-5-9(8)16(7)6-10-14-15-11(12)17-10/h2-6H2,1H3,(H2,12,15). The van der Waals surface area contributed by atoms with Gasteiger partial charge >= 0.3 is 0 Å². The van der Waals surface area contributed by atoms with Gasteiger partial charge in [-0.25, -0.2) is 4.98 Å². The minimum atomic E-state index is 0.534. The third kappa shape index (κ3) is 1.93. The first kappa shape index (κ1) is 10.7. The molecule has 1 aliphatic carbocycles. The number of aromatic nitrogens is 4. The van der Waals surface area contributed by atoms with Crippen molar-refractivity contribution in [1.82, 2.24) is 19.7 Å². The van der Waals surface area contributed by atoms with E-state index >= 15 is 0 Å². The van der Waals surface area contributed by atoms with E-state index in [1.807, 2.05) is 0 Å². The number of nitrogen functional groups attached to an aromatic ring is 1. The van der Waals surface area contributed by atoms with E-state index in [4.69, 9.17) is 5.73 Å². The molecule has 3 rings (SSSR count). The van der Waals surface area contributed by atoms with E-state index in [-0.39, 0.29) is 0 Å². The van der Waals surface area contributed by atoms with Crippen LogP contribution >= 0.6 is 11.3 Å². The Labute approximate surface area is 104 Å². The monoisotopic (exact) mass is 249 g/mol. The quantitative estimate of drug-likeness (QED) is 0.876. The first-order valence-electron chi connectivity index (χ1n) is 5.87. The summed E-state index contributed by atoms with van der Waals surface area (Å²) in [4.78, 5) is 4.64.